The molecule has 0 amide bonds. The number of nitrogen functional groups attached to an aromatic ring is 1. The van der Waals surface area contributed by atoms with Gasteiger partial charge in [-0.05, 0) is 6.07 Å². The lowest BCUT2D eigenvalue weighted by Gasteiger charge is -2.07. The molecule has 4 rings (SSSR count). The molecule has 0 saturated carbocycles. The lowest BCUT2D eigenvalue weighted by Crippen LogP contribution is -1.94. The topological polar surface area (TPSA) is 111 Å². The number of nitrogens with one attached hydrogen (secondary N) is 2. The summed E-state index contributed by atoms with van der Waals surface area (Å²) >= 11 is 1.35. The molecule has 0 aliphatic heterocycles. The van der Waals surface area contributed by atoms with Crippen molar-refractivity contribution in [2.45, 2.75) is 0 Å². The Morgan fingerprint density at radius 2 is 1.92 bits per heavy atom. The van der Waals surface area contributed by atoms with Crippen molar-refractivity contribution in [3.63, 3.8) is 0 Å². The molecule has 8 nitrogen and oxygen atoms in total. The van der Waals surface area contributed by atoms with E-state index in [1.165, 1.54) is 17.7 Å². The fraction of sp³-hybridized carbons (Fsp3) is 0.133. The standard InChI is InChI=1S/C15H14N6O2S/c1-22-9-3-7-8(4-10(9)23-2)20-13-12(7)14(19-6-18-13)21-15-17-5-11(16)24-15/h3-6H,16H2,1-2H3,(H2,17,18,19,20,21). The number of fused-ring (bicyclic) bond motifs is 3. The highest BCUT2D eigenvalue weighted by Gasteiger charge is 2.15. The average Bonchev–Trinajstić information content (AvgIpc) is 3.16. The molecule has 1 aromatic carbocycles. The van der Waals surface area contributed by atoms with Crippen molar-refractivity contribution in [2.24, 2.45) is 0 Å². The van der Waals surface area contributed by atoms with Gasteiger partial charge < -0.3 is 25.5 Å². The maximum atomic E-state index is 5.73. The van der Waals surface area contributed by atoms with Gasteiger partial charge in [-0.2, -0.15) is 0 Å². The molecular weight excluding hydrogens is 328 g/mol. The van der Waals surface area contributed by atoms with Crippen molar-refractivity contribution >= 4 is 49.2 Å². The number of aromatic amines is 1. The molecule has 0 saturated heterocycles. The Hall–Kier alpha value is -3.07. The van der Waals surface area contributed by atoms with Crippen molar-refractivity contribution < 1.29 is 9.47 Å². The Morgan fingerprint density at radius 3 is 2.62 bits per heavy atom. The van der Waals surface area contributed by atoms with Gasteiger partial charge in [0.1, 0.15) is 22.8 Å². The van der Waals surface area contributed by atoms with Crippen LogP contribution in [0.3, 0.4) is 0 Å². The third-order valence-corrected chi connectivity index (χ3v) is 4.38. The van der Waals surface area contributed by atoms with Crippen molar-refractivity contribution in [3.05, 3.63) is 24.7 Å². The van der Waals surface area contributed by atoms with E-state index in [4.69, 9.17) is 15.2 Å². The molecular formula is C15H14N6O2S. The molecule has 4 aromatic rings. The van der Waals surface area contributed by atoms with Gasteiger partial charge in [0.2, 0.25) is 0 Å². The number of rotatable bonds is 4. The van der Waals surface area contributed by atoms with E-state index < -0.39 is 0 Å². The van der Waals surface area contributed by atoms with Crippen LogP contribution in [0.1, 0.15) is 0 Å². The predicted molar refractivity (Wildman–Crippen MR) is 94.3 cm³/mol. The van der Waals surface area contributed by atoms with E-state index in [0.29, 0.717) is 33.1 Å². The molecule has 0 fully saturated rings. The van der Waals surface area contributed by atoms with E-state index in [-0.39, 0.29) is 0 Å². The molecule has 122 valence electrons. The van der Waals surface area contributed by atoms with Crippen LogP contribution in [0, 0.1) is 0 Å². The number of aromatic nitrogens is 4. The van der Waals surface area contributed by atoms with Gasteiger partial charge in [0.25, 0.3) is 0 Å². The zero-order valence-corrected chi connectivity index (χ0v) is 13.8. The van der Waals surface area contributed by atoms with E-state index in [1.54, 1.807) is 20.4 Å². The molecule has 0 bridgehead atoms. The molecule has 0 radical (unpaired) electrons. The number of nitrogens with zero attached hydrogens (tertiary/aromatic N) is 3. The zero-order valence-electron chi connectivity index (χ0n) is 13.0. The van der Waals surface area contributed by atoms with Gasteiger partial charge in [-0.1, -0.05) is 11.3 Å². The lowest BCUT2D eigenvalue weighted by molar-refractivity contribution is 0.356. The minimum Gasteiger partial charge on any atom is -0.493 e. The van der Waals surface area contributed by atoms with Crippen LogP contribution in [0.25, 0.3) is 21.9 Å². The summed E-state index contributed by atoms with van der Waals surface area (Å²) in [6, 6.07) is 3.78. The van der Waals surface area contributed by atoms with E-state index in [2.05, 4.69) is 25.3 Å². The molecule has 0 atom stereocenters. The monoisotopic (exact) mass is 342 g/mol. The second-order valence-corrected chi connectivity index (χ2v) is 6.08. The number of benzene rings is 1. The van der Waals surface area contributed by atoms with Crippen LogP contribution in [0.2, 0.25) is 0 Å². The SMILES string of the molecule is COc1cc2[nH]c3ncnc(Nc4ncc(N)s4)c3c2cc1OC. The van der Waals surface area contributed by atoms with Crippen LogP contribution < -0.4 is 20.5 Å². The smallest absolute Gasteiger partial charge is 0.190 e. The maximum Gasteiger partial charge on any atom is 0.190 e. The first kappa shape index (κ1) is 14.5. The number of thiazole rings is 1. The van der Waals surface area contributed by atoms with Crippen LogP contribution in [0.5, 0.6) is 11.5 Å². The fourth-order valence-corrected chi connectivity index (χ4v) is 3.17. The highest BCUT2D eigenvalue weighted by Crippen LogP contribution is 2.38. The van der Waals surface area contributed by atoms with E-state index >= 15 is 0 Å². The molecule has 0 unspecified atom stereocenters. The highest BCUT2D eigenvalue weighted by atomic mass is 32.1. The zero-order chi connectivity index (χ0) is 16.7. The molecule has 9 heteroatoms. The molecule has 0 aliphatic rings. The normalized spacial score (nSPS) is 11.1. The molecule has 0 spiro atoms. The third-order valence-electron chi connectivity index (χ3n) is 3.64. The Kier molecular flexibility index (Phi) is 3.35. The Morgan fingerprint density at radius 1 is 1.12 bits per heavy atom. The Labute approximate surface area is 140 Å². The van der Waals surface area contributed by atoms with Crippen LogP contribution in [0.4, 0.5) is 16.0 Å². The van der Waals surface area contributed by atoms with Gasteiger partial charge in [-0.15, -0.1) is 0 Å². The van der Waals surface area contributed by atoms with Gasteiger partial charge >= 0.3 is 0 Å². The Bertz CT molecular complexity index is 1040. The molecule has 4 N–H and O–H groups in total. The summed E-state index contributed by atoms with van der Waals surface area (Å²) in [5.41, 5.74) is 7.32. The largest absolute Gasteiger partial charge is 0.493 e. The average molecular weight is 342 g/mol. The molecule has 3 aromatic heterocycles. The summed E-state index contributed by atoms with van der Waals surface area (Å²) < 4.78 is 10.7. The van der Waals surface area contributed by atoms with Crippen molar-refractivity contribution in [2.75, 3.05) is 25.3 Å². The van der Waals surface area contributed by atoms with Crippen LogP contribution in [-0.4, -0.2) is 34.2 Å². The fourth-order valence-electron chi connectivity index (χ4n) is 2.59. The van der Waals surface area contributed by atoms with Crippen molar-refractivity contribution in [1.29, 1.82) is 0 Å². The van der Waals surface area contributed by atoms with Crippen LogP contribution in [-0.2, 0) is 0 Å². The van der Waals surface area contributed by atoms with Crippen LogP contribution in [0.15, 0.2) is 24.7 Å². The van der Waals surface area contributed by atoms with Crippen molar-refractivity contribution in [1.82, 2.24) is 19.9 Å². The summed E-state index contributed by atoms with van der Waals surface area (Å²) in [5.74, 6) is 1.93. The van der Waals surface area contributed by atoms with Gasteiger partial charge in [-0.3, -0.25) is 0 Å². The summed E-state index contributed by atoms with van der Waals surface area (Å²) in [4.78, 5) is 16.1. The first-order chi connectivity index (χ1) is 11.7. The van der Waals surface area contributed by atoms with Crippen LogP contribution >= 0.6 is 11.3 Å². The van der Waals surface area contributed by atoms with Crippen molar-refractivity contribution in [3.8, 4) is 11.5 Å². The molecule has 24 heavy (non-hydrogen) atoms. The van der Waals surface area contributed by atoms with Gasteiger partial charge in [0.05, 0.1) is 31.3 Å². The maximum absolute atomic E-state index is 5.73. The third kappa shape index (κ3) is 2.26. The van der Waals surface area contributed by atoms with E-state index in [1.807, 2.05) is 12.1 Å². The summed E-state index contributed by atoms with van der Waals surface area (Å²) in [6.45, 7) is 0. The summed E-state index contributed by atoms with van der Waals surface area (Å²) in [5, 5.41) is 6.27. The number of ether oxygens (including phenoxy) is 2. The number of hydrogen-bond acceptors (Lipinski definition) is 8. The second kappa shape index (κ2) is 5.53. The number of anilines is 3. The number of nitrogens with two attached hydrogens (primary N) is 1. The van der Waals surface area contributed by atoms with E-state index in [9.17, 15) is 0 Å². The minimum atomic E-state index is 0.633. The van der Waals surface area contributed by atoms with Gasteiger partial charge in [0.15, 0.2) is 16.6 Å². The quantitative estimate of drug-likeness (QED) is 0.523. The minimum absolute atomic E-state index is 0.633. The number of H-pyrrole nitrogens is 1. The first-order valence-electron chi connectivity index (χ1n) is 7.06. The second-order valence-electron chi connectivity index (χ2n) is 5.02. The number of hydrogen-bond donors (Lipinski definition) is 3. The van der Waals surface area contributed by atoms with E-state index in [0.717, 1.165) is 16.3 Å². The molecule has 0 aliphatic carbocycles. The van der Waals surface area contributed by atoms with Gasteiger partial charge in [0, 0.05) is 11.5 Å². The lowest BCUT2D eigenvalue weighted by atomic mass is 10.2. The Balaban J connectivity index is 1.94. The number of methoxy groups -OCH3 is 2. The highest BCUT2D eigenvalue weighted by molar-refractivity contribution is 7.19. The summed E-state index contributed by atoms with van der Waals surface area (Å²) in [6.07, 6.45) is 3.10. The predicted octanol–water partition coefficient (Wildman–Crippen LogP) is 2.91. The van der Waals surface area contributed by atoms with Gasteiger partial charge in [-0.25, -0.2) is 15.0 Å². The molecule has 3 heterocycles. The summed E-state index contributed by atoms with van der Waals surface area (Å²) in [7, 11) is 3.21. The first-order valence-corrected chi connectivity index (χ1v) is 7.88.